The third-order valence-electron chi connectivity index (χ3n) is 4.66. The Hall–Kier alpha value is -3.48. The summed E-state index contributed by atoms with van der Waals surface area (Å²) in [5.74, 6) is 2.17. The maximum absolute atomic E-state index is 12.4. The van der Waals surface area contributed by atoms with Gasteiger partial charge in [-0.15, -0.1) is 0 Å². The summed E-state index contributed by atoms with van der Waals surface area (Å²) in [5, 5.41) is 0. The van der Waals surface area contributed by atoms with Crippen molar-refractivity contribution >= 4 is 17.9 Å². The normalized spacial score (nSPS) is 14.2. The van der Waals surface area contributed by atoms with Crippen molar-refractivity contribution in [1.82, 2.24) is 0 Å². The maximum Gasteiger partial charge on any atom is 0.363 e. The van der Waals surface area contributed by atoms with Crippen molar-refractivity contribution in [2.75, 3.05) is 26.9 Å². The molecule has 0 spiro atoms. The van der Waals surface area contributed by atoms with E-state index in [0.29, 0.717) is 48.4 Å². The molecule has 0 amide bonds. The minimum absolute atomic E-state index is 0.202. The van der Waals surface area contributed by atoms with Gasteiger partial charge in [-0.2, -0.15) is 0 Å². The highest BCUT2D eigenvalue weighted by Gasteiger charge is 2.25. The summed E-state index contributed by atoms with van der Waals surface area (Å²) < 4.78 is 27.8. The third kappa shape index (κ3) is 5.60. The second kappa shape index (κ2) is 11.2. The van der Waals surface area contributed by atoms with E-state index in [0.717, 1.165) is 18.4 Å². The van der Waals surface area contributed by atoms with E-state index in [1.54, 1.807) is 37.5 Å². The van der Waals surface area contributed by atoms with Crippen molar-refractivity contribution < 1.29 is 28.5 Å². The summed E-state index contributed by atoms with van der Waals surface area (Å²) >= 11 is 0. The van der Waals surface area contributed by atoms with E-state index in [4.69, 9.17) is 23.7 Å². The lowest BCUT2D eigenvalue weighted by Gasteiger charge is -2.11. The zero-order valence-corrected chi connectivity index (χ0v) is 19.0. The number of unbranched alkanes of at least 4 members (excludes halogenated alkanes) is 1. The summed E-state index contributed by atoms with van der Waals surface area (Å²) in [6.07, 6.45) is 3.68. The SMILES string of the molecule is CCCCOc1ccc(/C=C2/N=C(c3ccc(OCC)c(OCC)c3)OC2=O)cc1OC. The number of esters is 1. The number of hydrogen-bond donors (Lipinski definition) is 0. The summed E-state index contributed by atoms with van der Waals surface area (Å²) in [6, 6.07) is 10.8. The molecule has 1 heterocycles. The molecule has 2 aromatic rings. The minimum Gasteiger partial charge on any atom is -0.493 e. The van der Waals surface area contributed by atoms with Crippen LogP contribution in [-0.4, -0.2) is 38.8 Å². The van der Waals surface area contributed by atoms with E-state index in [-0.39, 0.29) is 11.6 Å². The summed E-state index contributed by atoms with van der Waals surface area (Å²) in [5.41, 5.74) is 1.59. The Morgan fingerprint density at radius 1 is 0.906 bits per heavy atom. The lowest BCUT2D eigenvalue weighted by Crippen LogP contribution is -2.06. The average Bonchev–Trinajstić information content (AvgIpc) is 3.16. The molecule has 0 fully saturated rings. The van der Waals surface area contributed by atoms with Crippen molar-refractivity contribution in [2.45, 2.75) is 33.6 Å². The molecule has 0 saturated carbocycles. The van der Waals surface area contributed by atoms with Crippen LogP contribution < -0.4 is 18.9 Å². The molecule has 3 rings (SSSR count). The second-order valence-corrected chi connectivity index (χ2v) is 6.98. The molecule has 1 aliphatic rings. The predicted octanol–water partition coefficient (Wildman–Crippen LogP) is 5.02. The van der Waals surface area contributed by atoms with Crippen LogP contribution in [-0.2, 0) is 9.53 Å². The second-order valence-electron chi connectivity index (χ2n) is 6.98. The van der Waals surface area contributed by atoms with Gasteiger partial charge in [0, 0.05) is 5.56 Å². The highest BCUT2D eigenvalue weighted by molar-refractivity contribution is 6.13. The Morgan fingerprint density at radius 2 is 1.62 bits per heavy atom. The fourth-order valence-electron chi connectivity index (χ4n) is 3.09. The molecule has 1 aliphatic heterocycles. The van der Waals surface area contributed by atoms with Crippen molar-refractivity contribution in [3.05, 3.63) is 53.2 Å². The van der Waals surface area contributed by atoms with E-state index < -0.39 is 5.97 Å². The van der Waals surface area contributed by atoms with Gasteiger partial charge in [0.15, 0.2) is 28.7 Å². The number of benzene rings is 2. The molecule has 0 aliphatic carbocycles. The zero-order valence-electron chi connectivity index (χ0n) is 19.0. The number of aliphatic imine (C=N–C) groups is 1. The molecule has 0 radical (unpaired) electrons. The summed E-state index contributed by atoms with van der Waals surface area (Å²) in [4.78, 5) is 16.8. The third-order valence-corrected chi connectivity index (χ3v) is 4.66. The Balaban J connectivity index is 1.85. The van der Waals surface area contributed by atoms with Crippen molar-refractivity contribution in [3.8, 4) is 23.0 Å². The van der Waals surface area contributed by atoms with Crippen LogP contribution in [0.25, 0.3) is 6.08 Å². The van der Waals surface area contributed by atoms with Gasteiger partial charge in [0.1, 0.15) is 0 Å². The van der Waals surface area contributed by atoms with E-state index in [9.17, 15) is 4.79 Å². The first-order valence-electron chi connectivity index (χ1n) is 10.8. The number of ether oxygens (including phenoxy) is 5. The van der Waals surface area contributed by atoms with E-state index in [1.165, 1.54) is 0 Å². The maximum atomic E-state index is 12.4. The number of carbonyl (C=O) groups excluding carboxylic acids is 1. The molecular formula is C25H29NO6. The van der Waals surface area contributed by atoms with Crippen LogP contribution in [0.15, 0.2) is 47.1 Å². The first kappa shape index (κ1) is 23.2. The van der Waals surface area contributed by atoms with Gasteiger partial charge in [0.25, 0.3) is 0 Å². The minimum atomic E-state index is -0.519. The molecular weight excluding hydrogens is 410 g/mol. The van der Waals surface area contributed by atoms with Crippen LogP contribution in [0, 0.1) is 0 Å². The number of hydrogen-bond acceptors (Lipinski definition) is 7. The number of carbonyl (C=O) groups is 1. The first-order valence-corrected chi connectivity index (χ1v) is 10.8. The van der Waals surface area contributed by atoms with Gasteiger partial charge in [-0.05, 0) is 62.2 Å². The van der Waals surface area contributed by atoms with Gasteiger partial charge in [0.05, 0.1) is 26.9 Å². The van der Waals surface area contributed by atoms with Crippen molar-refractivity contribution in [1.29, 1.82) is 0 Å². The molecule has 0 unspecified atom stereocenters. The molecule has 0 bridgehead atoms. The number of cyclic esters (lactones) is 1. The van der Waals surface area contributed by atoms with Crippen LogP contribution in [0.5, 0.6) is 23.0 Å². The van der Waals surface area contributed by atoms with E-state index in [2.05, 4.69) is 11.9 Å². The first-order chi connectivity index (χ1) is 15.6. The summed E-state index contributed by atoms with van der Waals surface area (Å²) in [6.45, 7) is 7.54. The topological polar surface area (TPSA) is 75.6 Å². The highest BCUT2D eigenvalue weighted by atomic mass is 16.6. The number of methoxy groups -OCH3 is 1. The van der Waals surface area contributed by atoms with Crippen LogP contribution in [0.3, 0.4) is 0 Å². The molecule has 170 valence electrons. The van der Waals surface area contributed by atoms with Gasteiger partial charge >= 0.3 is 5.97 Å². The van der Waals surface area contributed by atoms with Crippen molar-refractivity contribution in [2.24, 2.45) is 4.99 Å². The zero-order chi connectivity index (χ0) is 22.9. The molecule has 0 atom stereocenters. The Kier molecular flexibility index (Phi) is 8.14. The van der Waals surface area contributed by atoms with Gasteiger partial charge in [0.2, 0.25) is 5.90 Å². The molecule has 7 heteroatoms. The quantitative estimate of drug-likeness (QED) is 0.278. The fraction of sp³-hybridized carbons (Fsp3) is 0.360. The lowest BCUT2D eigenvalue weighted by molar-refractivity contribution is -0.129. The van der Waals surface area contributed by atoms with E-state index in [1.807, 2.05) is 26.0 Å². The van der Waals surface area contributed by atoms with Crippen LogP contribution in [0.4, 0.5) is 0 Å². The standard InChI is InChI=1S/C25H29NO6/c1-5-8-13-31-20-11-9-17(15-22(20)28-4)14-19-25(27)32-24(26-19)18-10-12-21(29-6-2)23(16-18)30-7-3/h9-12,14-16H,5-8,13H2,1-4H3/b19-14+. The van der Waals surface area contributed by atoms with Gasteiger partial charge in [-0.1, -0.05) is 19.4 Å². The Morgan fingerprint density at radius 3 is 2.34 bits per heavy atom. The van der Waals surface area contributed by atoms with Crippen molar-refractivity contribution in [3.63, 3.8) is 0 Å². The fourth-order valence-corrected chi connectivity index (χ4v) is 3.09. The molecule has 7 nitrogen and oxygen atoms in total. The summed E-state index contributed by atoms with van der Waals surface area (Å²) in [7, 11) is 1.58. The largest absolute Gasteiger partial charge is 0.493 e. The smallest absolute Gasteiger partial charge is 0.363 e. The Bertz CT molecular complexity index is 1010. The molecule has 2 aromatic carbocycles. The average molecular weight is 440 g/mol. The van der Waals surface area contributed by atoms with Crippen LogP contribution in [0.2, 0.25) is 0 Å². The number of nitrogens with zero attached hydrogens (tertiary/aromatic N) is 1. The van der Waals surface area contributed by atoms with Crippen LogP contribution in [0.1, 0.15) is 44.7 Å². The molecule has 0 N–H and O–H groups in total. The van der Waals surface area contributed by atoms with Crippen LogP contribution >= 0.6 is 0 Å². The van der Waals surface area contributed by atoms with E-state index >= 15 is 0 Å². The Labute approximate surface area is 188 Å². The predicted molar refractivity (Wildman–Crippen MR) is 123 cm³/mol. The molecule has 32 heavy (non-hydrogen) atoms. The van der Waals surface area contributed by atoms with Gasteiger partial charge < -0.3 is 23.7 Å². The molecule has 0 aromatic heterocycles. The highest BCUT2D eigenvalue weighted by Crippen LogP contribution is 2.32. The molecule has 0 saturated heterocycles. The van der Waals surface area contributed by atoms with Gasteiger partial charge in [-0.3, -0.25) is 0 Å². The monoisotopic (exact) mass is 439 g/mol. The number of rotatable bonds is 11. The van der Waals surface area contributed by atoms with Gasteiger partial charge in [-0.25, -0.2) is 9.79 Å². The lowest BCUT2D eigenvalue weighted by atomic mass is 10.1.